The van der Waals surface area contributed by atoms with E-state index in [2.05, 4.69) is 15.3 Å². The first kappa shape index (κ1) is 12.3. The molecule has 19 heavy (non-hydrogen) atoms. The second kappa shape index (κ2) is 5.13. The standard InChI is InChI=1S/C13H18N4O2/c18-10-7-9(8-10)16-12(19)11-3-1-6-17(11)13-14-4-2-5-15-13/h2,4-5,9-11,18H,1,3,6-8H2,(H,16,19). The summed E-state index contributed by atoms with van der Waals surface area (Å²) in [5.74, 6) is 0.649. The minimum absolute atomic E-state index is 0.0295. The average Bonchev–Trinajstić information content (AvgIpc) is 2.87. The van der Waals surface area contributed by atoms with Crippen LogP contribution in [0, 0.1) is 0 Å². The number of hydrogen-bond donors (Lipinski definition) is 2. The fraction of sp³-hybridized carbons (Fsp3) is 0.615. The van der Waals surface area contributed by atoms with Crippen molar-refractivity contribution in [2.75, 3.05) is 11.4 Å². The van der Waals surface area contributed by atoms with Crippen LogP contribution in [-0.2, 0) is 4.79 Å². The van der Waals surface area contributed by atoms with E-state index in [1.165, 1.54) is 0 Å². The molecule has 1 aromatic heterocycles. The fourth-order valence-corrected chi connectivity index (χ4v) is 2.72. The van der Waals surface area contributed by atoms with E-state index in [0.717, 1.165) is 19.4 Å². The Kier molecular flexibility index (Phi) is 3.33. The molecule has 2 N–H and O–H groups in total. The Labute approximate surface area is 111 Å². The summed E-state index contributed by atoms with van der Waals surface area (Å²) in [6.07, 6.45) is 6.28. The second-order valence-corrected chi connectivity index (χ2v) is 5.23. The number of carbonyl (C=O) groups excluding carboxylic acids is 1. The van der Waals surface area contributed by atoms with E-state index in [1.807, 2.05) is 4.90 Å². The molecule has 1 saturated carbocycles. The summed E-state index contributed by atoms with van der Waals surface area (Å²) in [5.41, 5.74) is 0. The molecule has 3 rings (SSSR count). The number of aromatic nitrogens is 2. The number of carbonyl (C=O) groups is 1. The smallest absolute Gasteiger partial charge is 0.243 e. The van der Waals surface area contributed by atoms with Crippen LogP contribution in [0.1, 0.15) is 25.7 Å². The van der Waals surface area contributed by atoms with Crippen molar-refractivity contribution in [3.63, 3.8) is 0 Å². The lowest BCUT2D eigenvalue weighted by atomic mass is 9.89. The highest BCUT2D eigenvalue weighted by molar-refractivity contribution is 5.85. The molecule has 1 aliphatic heterocycles. The highest BCUT2D eigenvalue weighted by Crippen LogP contribution is 2.24. The topological polar surface area (TPSA) is 78.4 Å². The zero-order valence-corrected chi connectivity index (χ0v) is 10.7. The number of amides is 1. The number of rotatable bonds is 3. The van der Waals surface area contributed by atoms with Crippen molar-refractivity contribution in [1.29, 1.82) is 0 Å². The van der Waals surface area contributed by atoms with Crippen LogP contribution in [0.3, 0.4) is 0 Å². The van der Waals surface area contributed by atoms with Crippen LogP contribution in [0.2, 0.25) is 0 Å². The molecule has 1 unspecified atom stereocenters. The molecular formula is C13H18N4O2. The van der Waals surface area contributed by atoms with Gasteiger partial charge in [0.05, 0.1) is 6.10 Å². The lowest BCUT2D eigenvalue weighted by Gasteiger charge is -2.34. The average molecular weight is 262 g/mol. The zero-order valence-electron chi connectivity index (χ0n) is 10.7. The third-order valence-corrected chi connectivity index (χ3v) is 3.82. The molecule has 102 valence electrons. The van der Waals surface area contributed by atoms with Crippen molar-refractivity contribution < 1.29 is 9.90 Å². The van der Waals surface area contributed by atoms with Crippen LogP contribution >= 0.6 is 0 Å². The van der Waals surface area contributed by atoms with Crippen LogP contribution in [-0.4, -0.2) is 45.7 Å². The summed E-state index contributed by atoms with van der Waals surface area (Å²) in [6, 6.07) is 1.71. The van der Waals surface area contributed by atoms with Gasteiger partial charge < -0.3 is 15.3 Å². The van der Waals surface area contributed by atoms with Gasteiger partial charge in [-0.1, -0.05) is 0 Å². The lowest BCUT2D eigenvalue weighted by Crippen LogP contribution is -2.52. The molecule has 0 radical (unpaired) electrons. The van der Waals surface area contributed by atoms with Gasteiger partial charge in [-0.25, -0.2) is 9.97 Å². The van der Waals surface area contributed by atoms with Crippen molar-refractivity contribution in [3.05, 3.63) is 18.5 Å². The molecule has 1 amide bonds. The van der Waals surface area contributed by atoms with Gasteiger partial charge in [0.1, 0.15) is 6.04 Å². The monoisotopic (exact) mass is 262 g/mol. The molecule has 1 aliphatic carbocycles. The van der Waals surface area contributed by atoms with Crippen molar-refractivity contribution in [1.82, 2.24) is 15.3 Å². The van der Waals surface area contributed by atoms with Gasteiger partial charge in [0.2, 0.25) is 11.9 Å². The first-order chi connectivity index (χ1) is 9.24. The van der Waals surface area contributed by atoms with Gasteiger partial charge in [-0.15, -0.1) is 0 Å². The van der Waals surface area contributed by atoms with Gasteiger partial charge >= 0.3 is 0 Å². The molecule has 1 aromatic rings. The Hall–Kier alpha value is -1.69. The molecule has 1 atom stereocenters. The normalized spacial score (nSPS) is 29.9. The van der Waals surface area contributed by atoms with E-state index in [0.29, 0.717) is 18.8 Å². The Bertz CT molecular complexity index is 447. The Morgan fingerprint density at radius 3 is 2.79 bits per heavy atom. The molecule has 2 heterocycles. The maximum atomic E-state index is 12.2. The summed E-state index contributed by atoms with van der Waals surface area (Å²) in [6.45, 7) is 0.815. The van der Waals surface area contributed by atoms with E-state index in [-0.39, 0.29) is 24.1 Å². The Balaban J connectivity index is 1.64. The maximum absolute atomic E-state index is 12.2. The number of anilines is 1. The molecular weight excluding hydrogens is 244 g/mol. The van der Waals surface area contributed by atoms with Crippen LogP contribution < -0.4 is 10.2 Å². The van der Waals surface area contributed by atoms with Gasteiger partial charge in [0.15, 0.2) is 0 Å². The molecule has 0 spiro atoms. The molecule has 2 aliphatic rings. The summed E-state index contributed by atoms with van der Waals surface area (Å²) in [4.78, 5) is 22.6. The summed E-state index contributed by atoms with van der Waals surface area (Å²) in [7, 11) is 0. The fourth-order valence-electron chi connectivity index (χ4n) is 2.72. The number of hydrogen-bond acceptors (Lipinski definition) is 5. The third-order valence-electron chi connectivity index (χ3n) is 3.82. The van der Waals surface area contributed by atoms with Crippen molar-refractivity contribution in [2.24, 2.45) is 0 Å². The second-order valence-electron chi connectivity index (χ2n) is 5.23. The van der Waals surface area contributed by atoms with E-state index in [1.54, 1.807) is 18.5 Å². The van der Waals surface area contributed by atoms with E-state index < -0.39 is 0 Å². The predicted octanol–water partition coefficient (Wildman–Crippen LogP) is 0.0849. The van der Waals surface area contributed by atoms with E-state index >= 15 is 0 Å². The van der Waals surface area contributed by atoms with Crippen LogP contribution in [0.4, 0.5) is 5.95 Å². The summed E-state index contributed by atoms with van der Waals surface area (Å²) in [5, 5.41) is 12.2. The van der Waals surface area contributed by atoms with Crippen molar-refractivity contribution in [3.8, 4) is 0 Å². The predicted molar refractivity (Wildman–Crippen MR) is 69.6 cm³/mol. The van der Waals surface area contributed by atoms with Gasteiger partial charge in [0.25, 0.3) is 0 Å². The highest BCUT2D eigenvalue weighted by atomic mass is 16.3. The van der Waals surface area contributed by atoms with Crippen LogP contribution in [0.5, 0.6) is 0 Å². The number of aliphatic hydroxyl groups is 1. The first-order valence-corrected chi connectivity index (χ1v) is 6.76. The SMILES string of the molecule is O=C(NC1CC(O)C1)C1CCCN1c1ncccn1. The van der Waals surface area contributed by atoms with Gasteiger partial charge in [-0.05, 0) is 31.7 Å². The molecule has 0 aromatic carbocycles. The lowest BCUT2D eigenvalue weighted by molar-refractivity contribution is -0.124. The third kappa shape index (κ3) is 2.53. The molecule has 2 fully saturated rings. The summed E-state index contributed by atoms with van der Waals surface area (Å²) >= 11 is 0. The zero-order chi connectivity index (χ0) is 13.2. The molecule has 0 bridgehead atoms. The molecule has 1 saturated heterocycles. The van der Waals surface area contributed by atoms with E-state index in [9.17, 15) is 9.90 Å². The highest BCUT2D eigenvalue weighted by Gasteiger charge is 2.35. The van der Waals surface area contributed by atoms with Crippen LogP contribution in [0.15, 0.2) is 18.5 Å². The Morgan fingerprint density at radius 1 is 1.37 bits per heavy atom. The summed E-state index contributed by atoms with van der Waals surface area (Å²) < 4.78 is 0. The van der Waals surface area contributed by atoms with Gasteiger partial charge in [0, 0.05) is 25.0 Å². The Morgan fingerprint density at radius 2 is 2.11 bits per heavy atom. The first-order valence-electron chi connectivity index (χ1n) is 6.76. The quantitative estimate of drug-likeness (QED) is 0.807. The molecule has 6 heteroatoms. The van der Waals surface area contributed by atoms with Gasteiger partial charge in [-0.2, -0.15) is 0 Å². The number of nitrogens with one attached hydrogen (secondary N) is 1. The maximum Gasteiger partial charge on any atom is 0.243 e. The number of aliphatic hydroxyl groups excluding tert-OH is 1. The minimum Gasteiger partial charge on any atom is -0.393 e. The minimum atomic E-state index is -0.248. The van der Waals surface area contributed by atoms with Crippen molar-refractivity contribution in [2.45, 2.75) is 43.9 Å². The van der Waals surface area contributed by atoms with Crippen LogP contribution in [0.25, 0.3) is 0 Å². The van der Waals surface area contributed by atoms with Crippen molar-refractivity contribution >= 4 is 11.9 Å². The number of nitrogens with zero attached hydrogens (tertiary/aromatic N) is 3. The van der Waals surface area contributed by atoms with E-state index in [4.69, 9.17) is 0 Å². The largest absolute Gasteiger partial charge is 0.393 e. The van der Waals surface area contributed by atoms with Gasteiger partial charge in [-0.3, -0.25) is 4.79 Å². The molecule has 6 nitrogen and oxygen atoms in total.